The molecule has 4 aliphatic carbocycles. The van der Waals surface area contributed by atoms with E-state index in [0.717, 1.165) is 19.3 Å². The zero-order chi connectivity index (χ0) is 10.8. The number of fused-ring (bicyclic) bond motifs is 1. The molecule has 0 aromatic rings. The minimum Gasteiger partial charge on any atom is -0.381 e. The van der Waals surface area contributed by atoms with E-state index in [9.17, 15) is 9.90 Å². The summed E-state index contributed by atoms with van der Waals surface area (Å²) < 4.78 is 0. The van der Waals surface area contributed by atoms with Gasteiger partial charge in [0.2, 0.25) is 0 Å². The van der Waals surface area contributed by atoms with Crippen molar-refractivity contribution in [1.82, 2.24) is 0 Å². The molecule has 3 saturated carbocycles. The lowest BCUT2D eigenvalue weighted by atomic mass is 9.44. The topological polar surface area (TPSA) is 37.3 Å². The molecule has 4 rings (SSSR count). The molecule has 2 nitrogen and oxygen atoms in total. The van der Waals surface area contributed by atoms with Gasteiger partial charge in [0.05, 0.1) is 0 Å². The number of carbonyl (C=O) groups excluding carboxylic acids is 1. The van der Waals surface area contributed by atoms with Crippen molar-refractivity contribution >= 4 is 5.78 Å². The van der Waals surface area contributed by atoms with Gasteiger partial charge in [-0.05, 0) is 32.1 Å². The number of allylic oxidation sites excluding steroid dienone is 1. The molecule has 0 aromatic heterocycles. The molecule has 1 N–H and O–H groups in total. The number of rotatable bonds is 0. The molecule has 15 heavy (non-hydrogen) atoms. The highest BCUT2D eigenvalue weighted by molar-refractivity contribution is 5.92. The molecule has 0 unspecified atom stereocenters. The van der Waals surface area contributed by atoms with Crippen LogP contribution in [0.2, 0.25) is 0 Å². The molecule has 4 atom stereocenters. The molecule has 0 heterocycles. The number of ketones is 1. The maximum atomic E-state index is 12.2. The van der Waals surface area contributed by atoms with Crippen molar-refractivity contribution in [2.24, 2.45) is 17.3 Å². The molecule has 0 spiro atoms. The first-order chi connectivity index (χ1) is 6.99. The summed E-state index contributed by atoms with van der Waals surface area (Å²) in [5, 5.41) is 10.6. The maximum Gasteiger partial charge on any atom is 0.168 e. The average Bonchev–Trinajstić information content (AvgIpc) is 2.21. The van der Waals surface area contributed by atoms with Crippen LogP contribution in [0.15, 0.2) is 11.6 Å². The fourth-order valence-electron chi connectivity index (χ4n) is 4.14. The van der Waals surface area contributed by atoms with Crippen LogP contribution >= 0.6 is 0 Å². The van der Waals surface area contributed by atoms with Crippen molar-refractivity contribution in [3.63, 3.8) is 0 Å². The SMILES string of the molecule is CC1=CC[C@@]2(O)C(=O)[C@@H]3CC[C@@]2(C)[C@H]1C3. The Kier molecular flexibility index (Phi) is 1.62. The summed E-state index contributed by atoms with van der Waals surface area (Å²) in [5.41, 5.74) is 0.162. The molecule has 0 radical (unpaired) electrons. The summed E-state index contributed by atoms with van der Waals surface area (Å²) in [5.74, 6) is 0.689. The molecular formula is C13H18O2. The molecule has 0 amide bonds. The second kappa shape index (κ2) is 2.54. The van der Waals surface area contributed by atoms with E-state index < -0.39 is 5.60 Å². The third-order valence-electron chi connectivity index (χ3n) is 5.29. The summed E-state index contributed by atoms with van der Waals surface area (Å²) in [6.07, 6.45) is 5.59. The molecule has 3 fully saturated rings. The van der Waals surface area contributed by atoms with E-state index in [4.69, 9.17) is 0 Å². The van der Waals surface area contributed by atoms with E-state index in [1.807, 2.05) is 0 Å². The maximum absolute atomic E-state index is 12.2. The average molecular weight is 206 g/mol. The highest BCUT2D eigenvalue weighted by atomic mass is 16.3. The smallest absolute Gasteiger partial charge is 0.168 e. The van der Waals surface area contributed by atoms with Crippen LogP contribution in [0.4, 0.5) is 0 Å². The number of Topliss-reactive ketones (excluding diaryl/α,β-unsaturated/α-hetero) is 1. The van der Waals surface area contributed by atoms with E-state index in [1.54, 1.807) is 0 Å². The minimum atomic E-state index is -1.04. The van der Waals surface area contributed by atoms with Gasteiger partial charge in [0.15, 0.2) is 5.78 Å². The van der Waals surface area contributed by atoms with Gasteiger partial charge in [-0.25, -0.2) is 0 Å². The van der Waals surface area contributed by atoms with E-state index in [2.05, 4.69) is 19.9 Å². The first-order valence-electron chi connectivity index (χ1n) is 5.92. The van der Waals surface area contributed by atoms with Gasteiger partial charge in [0, 0.05) is 17.8 Å². The fourth-order valence-corrected chi connectivity index (χ4v) is 4.14. The first kappa shape index (κ1) is 9.59. The molecule has 2 heteroatoms. The number of hydrogen-bond donors (Lipinski definition) is 1. The van der Waals surface area contributed by atoms with Crippen LogP contribution < -0.4 is 0 Å². The largest absolute Gasteiger partial charge is 0.381 e. The third-order valence-corrected chi connectivity index (χ3v) is 5.29. The van der Waals surface area contributed by atoms with Gasteiger partial charge in [-0.2, -0.15) is 0 Å². The Morgan fingerprint density at radius 3 is 3.00 bits per heavy atom. The summed E-state index contributed by atoms with van der Waals surface area (Å²) in [6.45, 7) is 4.27. The fraction of sp³-hybridized carbons (Fsp3) is 0.769. The van der Waals surface area contributed by atoms with E-state index in [0.29, 0.717) is 12.3 Å². The summed E-state index contributed by atoms with van der Waals surface area (Å²) in [6, 6.07) is 0. The second-order valence-electron chi connectivity index (χ2n) is 5.82. The van der Waals surface area contributed by atoms with Crippen molar-refractivity contribution in [2.45, 2.75) is 45.1 Å². The predicted octanol–water partition coefficient (Wildman–Crippen LogP) is 2.07. The lowest BCUT2D eigenvalue weighted by Gasteiger charge is -2.61. The molecule has 0 saturated heterocycles. The minimum absolute atomic E-state index is 0.122. The van der Waals surface area contributed by atoms with Crippen LogP contribution in [0, 0.1) is 17.3 Å². The normalized spacial score (nSPS) is 53.0. The zero-order valence-corrected chi connectivity index (χ0v) is 9.42. The number of carbonyl (C=O) groups is 1. The predicted molar refractivity (Wildman–Crippen MR) is 57.3 cm³/mol. The van der Waals surface area contributed by atoms with Gasteiger partial charge >= 0.3 is 0 Å². The van der Waals surface area contributed by atoms with Gasteiger partial charge in [0.25, 0.3) is 0 Å². The van der Waals surface area contributed by atoms with E-state index in [1.165, 1.54) is 5.57 Å². The molecule has 4 bridgehead atoms. The van der Waals surface area contributed by atoms with Crippen LogP contribution in [-0.4, -0.2) is 16.5 Å². The molecule has 4 aliphatic rings. The summed E-state index contributed by atoms with van der Waals surface area (Å²) in [4.78, 5) is 12.2. The van der Waals surface area contributed by atoms with Crippen LogP contribution in [0.5, 0.6) is 0 Å². The number of hydrogen-bond acceptors (Lipinski definition) is 2. The molecule has 82 valence electrons. The Morgan fingerprint density at radius 1 is 1.53 bits per heavy atom. The Hall–Kier alpha value is -0.630. The standard InChI is InChI=1S/C13H18O2/c1-8-3-6-13(15)11(14)9-4-5-12(13,2)10(8)7-9/h3,9-10,15H,4-7H2,1-2H3/t9-,10+,12+,13-/m1/s1. The zero-order valence-electron chi connectivity index (χ0n) is 9.42. The van der Waals surface area contributed by atoms with Crippen molar-refractivity contribution in [3.05, 3.63) is 11.6 Å². The summed E-state index contributed by atoms with van der Waals surface area (Å²) in [7, 11) is 0. The molecule has 0 aromatic carbocycles. The Labute approximate surface area is 90.4 Å². The van der Waals surface area contributed by atoms with Crippen LogP contribution in [-0.2, 0) is 4.79 Å². The number of aliphatic hydroxyl groups is 1. The van der Waals surface area contributed by atoms with Crippen LogP contribution in [0.25, 0.3) is 0 Å². The Bertz CT molecular complexity index is 371. The van der Waals surface area contributed by atoms with Gasteiger partial charge in [-0.3, -0.25) is 4.79 Å². The Balaban J connectivity index is 2.19. The first-order valence-corrected chi connectivity index (χ1v) is 5.92. The van der Waals surface area contributed by atoms with Crippen molar-refractivity contribution in [1.29, 1.82) is 0 Å². The lowest BCUT2D eigenvalue weighted by Crippen LogP contribution is -2.66. The highest BCUT2D eigenvalue weighted by Crippen LogP contribution is 2.62. The Morgan fingerprint density at radius 2 is 2.27 bits per heavy atom. The highest BCUT2D eigenvalue weighted by Gasteiger charge is 2.65. The van der Waals surface area contributed by atoms with Crippen molar-refractivity contribution in [3.8, 4) is 0 Å². The van der Waals surface area contributed by atoms with Crippen LogP contribution in [0.3, 0.4) is 0 Å². The van der Waals surface area contributed by atoms with E-state index >= 15 is 0 Å². The monoisotopic (exact) mass is 206 g/mol. The summed E-state index contributed by atoms with van der Waals surface area (Å²) >= 11 is 0. The lowest BCUT2D eigenvalue weighted by molar-refractivity contribution is -0.190. The third kappa shape index (κ3) is 0.878. The van der Waals surface area contributed by atoms with Gasteiger partial charge in [-0.15, -0.1) is 0 Å². The van der Waals surface area contributed by atoms with Gasteiger partial charge in [0.1, 0.15) is 5.60 Å². The second-order valence-corrected chi connectivity index (χ2v) is 5.82. The molecular weight excluding hydrogens is 188 g/mol. The van der Waals surface area contributed by atoms with E-state index in [-0.39, 0.29) is 17.1 Å². The molecule has 0 aliphatic heterocycles. The quantitative estimate of drug-likeness (QED) is 0.616. The van der Waals surface area contributed by atoms with Crippen molar-refractivity contribution < 1.29 is 9.90 Å². The van der Waals surface area contributed by atoms with Crippen LogP contribution in [0.1, 0.15) is 39.5 Å². The van der Waals surface area contributed by atoms with Crippen molar-refractivity contribution in [2.75, 3.05) is 0 Å². The van der Waals surface area contributed by atoms with Gasteiger partial charge in [-0.1, -0.05) is 18.6 Å². The van der Waals surface area contributed by atoms with Gasteiger partial charge < -0.3 is 5.11 Å².